The van der Waals surface area contributed by atoms with Crippen LogP contribution in [0.2, 0.25) is 5.02 Å². The van der Waals surface area contributed by atoms with Crippen molar-refractivity contribution in [3.8, 4) is 11.5 Å². The smallest absolute Gasteiger partial charge is 0.377 e. The van der Waals surface area contributed by atoms with Crippen LogP contribution in [0.4, 0.5) is 0 Å². The first kappa shape index (κ1) is 23.0. The Balaban J connectivity index is 1.68. The maximum atomic E-state index is 12.5. The van der Waals surface area contributed by atoms with Gasteiger partial charge >= 0.3 is 5.97 Å². The molecule has 7 heteroatoms. The lowest BCUT2D eigenvalue weighted by atomic mass is 10.0. The summed E-state index contributed by atoms with van der Waals surface area (Å²) in [5, 5.41) is 10.9. The molecule has 3 aromatic carbocycles. The first-order valence-electron chi connectivity index (χ1n) is 10.4. The molecular formula is C27H20ClNO5. The number of nitrogens with zero attached hydrogens (tertiary/aromatic N) is 1. The summed E-state index contributed by atoms with van der Waals surface area (Å²) in [6.45, 7) is 0.245. The number of aliphatic carboxylic acids is 1. The normalized spacial score (nSPS) is 11.3. The van der Waals surface area contributed by atoms with Gasteiger partial charge in [0.1, 0.15) is 6.61 Å². The molecule has 0 saturated carbocycles. The highest BCUT2D eigenvalue weighted by atomic mass is 35.5. The van der Waals surface area contributed by atoms with E-state index < -0.39 is 11.8 Å². The van der Waals surface area contributed by atoms with E-state index in [1.165, 1.54) is 13.2 Å². The zero-order valence-corrected chi connectivity index (χ0v) is 19.0. The highest BCUT2D eigenvalue weighted by Crippen LogP contribution is 2.31. The third-order valence-corrected chi connectivity index (χ3v) is 5.52. The number of hydrogen-bond acceptors (Lipinski definition) is 5. The van der Waals surface area contributed by atoms with E-state index in [4.69, 9.17) is 21.1 Å². The predicted molar refractivity (Wildman–Crippen MR) is 131 cm³/mol. The van der Waals surface area contributed by atoms with Gasteiger partial charge in [-0.1, -0.05) is 60.1 Å². The van der Waals surface area contributed by atoms with Crippen molar-refractivity contribution >= 4 is 45.9 Å². The van der Waals surface area contributed by atoms with Crippen LogP contribution >= 0.6 is 11.6 Å². The Morgan fingerprint density at radius 3 is 2.50 bits per heavy atom. The van der Waals surface area contributed by atoms with Crippen LogP contribution in [0, 0.1) is 0 Å². The molecule has 0 radical (unpaired) electrons. The molecule has 1 N–H and O–H groups in total. The molecule has 0 bridgehead atoms. The molecule has 0 saturated heterocycles. The van der Waals surface area contributed by atoms with Crippen molar-refractivity contribution in [3.05, 3.63) is 101 Å². The number of ether oxygens (including phenoxy) is 2. The van der Waals surface area contributed by atoms with E-state index in [0.717, 1.165) is 10.9 Å². The number of carboxylic acid groups (broad SMARTS) is 1. The summed E-state index contributed by atoms with van der Waals surface area (Å²) in [6.07, 6.45) is 1.48. The number of pyridine rings is 1. The highest BCUT2D eigenvalue weighted by Gasteiger charge is 2.21. The quantitative estimate of drug-likeness (QED) is 0.262. The third kappa shape index (κ3) is 5.08. The number of halogens is 1. The SMILES string of the molecule is COc1cc(/C=C(\C(=O)C(=O)O)c2ccc3ccccc3n2)ccc1OCc1ccccc1Cl. The highest BCUT2D eigenvalue weighted by molar-refractivity contribution is 6.52. The number of carbonyl (C=O) groups excluding carboxylic acids is 1. The minimum atomic E-state index is -1.56. The van der Waals surface area contributed by atoms with Crippen LogP contribution in [0.25, 0.3) is 22.6 Å². The van der Waals surface area contributed by atoms with Crippen LogP contribution in [0.5, 0.6) is 11.5 Å². The first-order chi connectivity index (χ1) is 16.5. The largest absolute Gasteiger partial charge is 0.493 e. The summed E-state index contributed by atoms with van der Waals surface area (Å²) in [6, 6.07) is 23.3. The molecule has 0 amide bonds. The molecule has 0 atom stereocenters. The number of fused-ring (bicyclic) bond motifs is 1. The van der Waals surface area contributed by atoms with Crippen molar-refractivity contribution in [2.75, 3.05) is 7.11 Å². The lowest BCUT2D eigenvalue weighted by Crippen LogP contribution is -2.15. The molecule has 0 unspecified atom stereocenters. The second kappa shape index (κ2) is 10.2. The Bertz CT molecular complexity index is 1410. The molecule has 0 aliphatic carbocycles. The first-order valence-corrected chi connectivity index (χ1v) is 10.7. The summed E-state index contributed by atoms with van der Waals surface area (Å²) in [4.78, 5) is 28.5. The Morgan fingerprint density at radius 1 is 0.971 bits per heavy atom. The van der Waals surface area contributed by atoms with Gasteiger partial charge in [-0.15, -0.1) is 0 Å². The van der Waals surface area contributed by atoms with Crippen LogP contribution in [-0.4, -0.2) is 29.0 Å². The number of ketones is 1. The van der Waals surface area contributed by atoms with Gasteiger partial charge in [0.2, 0.25) is 0 Å². The van der Waals surface area contributed by atoms with Gasteiger partial charge in [-0.25, -0.2) is 9.78 Å². The fraction of sp³-hybridized carbons (Fsp3) is 0.0741. The van der Waals surface area contributed by atoms with Crippen molar-refractivity contribution in [3.63, 3.8) is 0 Å². The maximum absolute atomic E-state index is 12.5. The van der Waals surface area contributed by atoms with Crippen LogP contribution in [0.3, 0.4) is 0 Å². The molecule has 1 heterocycles. The number of rotatable bonds is 8. The minimum Gasteiger partial charge on any atom is -0.493 e. The number of aromatic nitrogens is 1. The Kier molecular flexibility index (Phi) is 6.90. The fourth-order valence-electron chi connectivity index (χ4n) is 3.42. The van der Waals surface area contributed by atoms with Gasteiger partial charge in [-0.3, -0.25) is 4.79 Å². The van der Waals surface area contributed by atoms with Gasteiger partial charge in [-0.05, 0) is 42.0 Å². The molecule has 0 aliphatic rings. The van der Waals surface area contributed by atoms with E-state index >= 15 is 0 Å². The van der Waals surface area contributed by atoms with E-state index in [9.17, 15) is 14.7 Å². The average Bonchev–Trinajstić information content (AvgIpc) is 2.86. The summed E-state index contributed by atoms with van der Waals surface area (Å²) in [7, 11) is 1.50. The lowest BCUT2D eigenvalue weighted by Gasteiger charge is -2.12. The van der Waals surface area contributed by atoms with Gasteiger partial charge in [0.05, 0.1) is 23.9 Å². The van der Waals surface area contributed by atoms with E-state index in [0.29, 0.717) is 27.6 Å². The second-order valence-electron chi connectivity index (χ2n) is 7.37. The third-order valence-electron chi connectivity index (χ3n) is 5.15. The molecule has 4 rings (SSSR count). The molecule has 0 aliphatic heterocycles. The Hall–Kier alpha value is -4.16. The molecule has 1 aromatic heterocycles. The number of hydrogen-bond donors (Lipinski definition) is 1. The van der Waals surface area contributed by atoms with Gasteiger partial charge in [-0.2, -0.15) is 0 Å². The number of benzene rings is 3. The Labute approximate surface area is 201 Å². The number of para-hydroxylation sites is 1. The standard InChI is InChI=1S/C27H20ClNO5/c1-33-25-15-17(10-13-24(25)34-16-19-7-2-4-8-21(19)28)14-20(26(30)27(31)32)23-12-11-18-6-3-5-9-22(18)29-23/h2-15H,16H2,1H3,(H,31,32)/b20-14-. The molecule has 4 aromatic rings. The van der Waals surface area contributed by atoms with Crippen LogP contribution in [0.1, 0.15) is 16.8 Å². The van der Waals surface area contributed by atoms with E-state index in [-0.39, 0.29) is 17.9 Å². The number of methoxy groups -OCH3 is 1. The fourth-order valence-corrected chi connectivity index (χ4v) is 3.61. The molecule has 0 spiro atoms. The van der Waals surface area contributed by atoms with Gasteiger partial charge in [0.25, 0.3) is 5.78 Å². The predicted octanol–water partition coefficient (Wildman–Crippen LogP) is 5.67. The summed E-state index contributed by atoms with van der Waals surface area (Å²) in [5.74, 6) is -1.71. The summed E-state index contributed by atoms with van der Waals surface area (Å²) >= 11 is 6.19. The zero-order valence-electron chi connectivity index (χ0n) is 18.2. The van der Waals surface area contributed by atoms with E-state index in [1.54, 1.807) is 42.5 Å². The van der Waals surface area contributed by atoms with Crippen molar-refractivity contribution in [1.29, 1.82) is 0 Å². The summed E-state index contributed by atoms with van der Waals surface area (Å²) < 4.78 is 11.3. The van der Waals surface area contributed by atoms with Crippen LogP contribution in [-0.2, 0) is 16.2 Å². The van der Waals surface area contributed by atoms with E-state index in [2.05, 4.69) is 4.98 Å². The van der Waals surface area contributed by atoms with Crippen LogP contribution < -0.4 is 9.47 Å². The van der Waals surface area contributed by atoms with Gasteiger partial charge in [0, 0.05) is 16.0 Å². The molecule has 170 valence electrons. The molecule has 6 nitrogen and oxygen atoms in total. The lowest BCUT2D eigenvalue weighted by molar-refractivity contribution is -0.146. The zero-order chi connectivity index (χ0) is 24.1. The topological polar surface area (TPSA) is 85.7 Å². The average molecular weight is 474 g/mol. The van der Waals surface area contributed by atoms with Crippen molar-refractivity contribution in [2.45, 2.75) is 6.61 Å². The molecular weight excluding hydrogens is 454 g/mol. The monoisotopic (exact) mass is 473 g/mol. The minimum absolute atomic E-state index is 0.0370. The van der Waals surface area contributed by atoms with Crippen molar-refractivity contribution < 1.29 is 24.2 Å². The Morgan fingerprint density at radius 2 is 1.74 bits per heavy atom. The molecule has 0 fully saturated rings. The number of carbonyl (C=O) groups is 2. The van der Waals surface area contributed by atoms with Crippen molar-refractivity contribution in [1.82, 2.24) is 4.98 Å². The van der Waals surface area contributed by atoms with Crippen molar-refractivity contribution in [2.24, 2.45) is 0 Å². The number of carboxylic acids is 1. The maximum Gasteiger partial charge on any atom is 0.377 e. The van der Waals surface area contributed by atoms with Crippen LogP contribution in [0.15, 0.2) is 78.9 Å². The van der Waals surface area contributed by atoms with Gasteiger partial charge in [0.15, 0.2) is 11.5 Å². The van der Waals surface area contributed by atoms with Gasteiger partial charge < -0.3 is 14.6 Å². The molecule has 34 heavy (non-hydrogen) atoms. The second-order valence-corrected chi connectivity index (χ2v) is 7.78. The van der Waals surface area contributed by atoms with E-state index in [1.807, 2.05) is 36.4 Å². The number of Topliss-reactive ketones (excluding diaryl/α,β-unsaturated/α-hetero) is 1. The summed E-state index contributed by atoms with van der Waals surface area (Å²) in [5.41, 5.74) is 2.27.